The van der Waals surface area contributed by atoms with Crippen LogP contribution in [0.15, 0.2) is 6.20 Å². The predicted molar refractivity (Wildman–Crippen MR) is 83.0 cm³/mol. The summed E-state index contributed by atoms with van der Waals surface area (Å²) in [5, 5.41) is 7.88. The number of fused-ring (bicyclic) bond motifs is 1. The van der Waals surface area contributed by atoms with Gasteiger partial charge in [0, 0.05) is 19.1 Å². The zero-order valence-electron chi connectivity index (χ0n) is 12.5. The Hall–Kier alpha value is -1.93. The summed E-state index contributed by atoms with van der Waals surface area (Å²) in [5.41, 5.74) is 3.23. The van der Waals surface area contributed by atoms with Crippen LogP contribution in [-0.4, -0.2) is 57.3 Å². The lowest BCUT2D eigenvalue weighted by atomic mass is 10.2. The first-order valence-corrected chi connectivity index (χ1v) is 7.43. The molecule has 2 aromatic heterocycles. The average molecular weight is 290 g/mol. The molecule has 1 aliphatic rings. The van der Waals surface area contributed by atoms with E-state index in [0.29, 0.717) is 17.6 Å². The molecule has 0 radical (unpaired) electrons. The summed E-state index contributed by atoms with van der Waals surface area (Å²) in [4.78, 5) is 13.6. The molecule has 21 heavy (non-hydrogen) atoms. The van der Waals surface area contributed by atoms with Crippen LogP contribution in [-0.2, 0) is 0 Å². The van der Waals surface area contributed by atoms with Crippen LogP contribution in [0.2, 0.25) is 0 Å². The van der Waals surface area contributed by atoms with Gasteiger partial charge in [-0.15, -0.1) is 0 Å². The van der Waals surface area contributed by atoms with Crippen LogP contribution in [0.25, 0.3) is 11.0 Å². The number of anilines is 2. The Labute approximate surface area is 123 Å². The zero-order valence-corrected chi connectivity index (χ0v) is 12.5. The number of nitrogens with zero attached hydrogens (tertiary/aromatic N) is 5. The molecular formula is C13H22N8. The molecule has 0 aromatic carbocycles. The highest BCUT2D eigenvalue weighted by molar-refractivity contribution is 5.87. The fourth-order valence-electron chi connectivity index (χ4n) is 3.10. The zero-order chi connectivity index (χ0) is 14.8. The molecule has 0 spiro atoms. The van der Waals surface area contributed by atoms with Crippen molar-refractivity contribution in [1.82, 2.24) is 25.1 Å². The van der Waals surface area contributed by atoms with Gasteiger partial charge in [0.25, 0.3) is 0 Å². The lowest BCUT2D eigenvalue weighted by Crippen LogP contribution is -2.37. The third-order valence-electron chi connectivity index (χ3n) is 4.21. The lowest BCUT2D eigenvalue weighted by molar-refractivity contribution is 0.232. The number of hydrogen-bond donors (Lipinski definition) is 3. The van der Waals surface area contributed by atoms with Gasteiger partial charge in [-0.1, -0.05) is 13.8 Å². The maximum Gasteiger partial charge on any atom is 0.241 e. The van der Waals surface area contributed by atoms with E-state index in [2.05, 4.69) is 49.2 Å². The highest BCUT2D eigenvalue weighted by Crippen LogP contribution is 2.28. The van der Waals surface area contributed by atoms with E-state index in [1.54, 1.807) is 6.20 Å². The Morgan fingerprint density at radius 3 is 2.95 bits per heavy atom. The highest BCUT2D eigenvalue weighted by atomic mass is 15.3. The number of H-pyrrole nitrogens is 1. The van der Waals surface area contributed by atoms with Crippen LogP contribution >= 0.6 is 0 Å². The van der Waals surface area contributed by atoms with Crippen LogP contribution in [0.1, 0.15) is 20.3 Å². The molecule has 4 N–H and O–H groups in total. The molecule has 2 aromatic rings. The van der Waals surface area contributed by atoms with Gasteiger partial charge in [0.05, 0.1) is 11.6 Å². The van der Waals surface area contributed by atoms with E-state index in [9.17, 15) is 0 Å². The van der Waals surface area contributed by atoms with Crippen molar-refractivity contribution in [3.8, 4) is 0 Å². The Bertz CT molecular complexity index is 605. The standard InChI is InChI=1S/C13H22N8/c1-3-20(4-2)9-5-6-21(8-9)12-10-7-15-19-11(10)16-13(17-12)18-14/h7,9H,3-6,8,14H2,1-2H3,(H2,15,16,17,18,19). The second-order valence-electron chi connectivity index (χ2n) is 5.26. The SMILES string of the molecule is CCN(CC)C1CCN(c2nc(NN)nc3[nH]ncc23)C1. The monoisotopic (exact) mass is 290 g/mol. The second kappa shape index (κ2) is 5.82. The first kappa shape index (κ1) is 14.0. The molecule has 3 heterocycles. The summed E-state index contributed by atoms with van der Waals surface area (Å²) in [6.45, 7) is 8.54. The van der Waals surface area contributed by atoms with Crippen molar-refractivity contribution >= 4 is 22.8 Å². The summed E-state index contributed by atoms with van der Waals surface area (Å²) in [6.07, 6.45) is 2.92. The largest absolute Gasteiger partial charge is 0.354 e. The fourth-order valence-corrected chi connectivity index (χ4v) is 3.10. The van der Waals surface area contributed by atoms with Gasteiger partial charge in [-0.05, 0) is 19.5 Å². The number of hydrogen-bond acceptors (Lipinski definition) is 7. The third kappa shape index (κ3) is 2.52. The van der Waals surface area contributed by atoms with Gasteiger partial charge < -0.3 is 4.90 Å². The van der Waals surface area contributed by atoms with Gasteiger partial charge in [-0.25, -0.2) is 5.84 Å². The molecule has 1 atom stereocenters. The maximum absolute atomic E-state index is 5.46. The number of aromatic nitrogens is 4. The summed E-state index contributed by atoms with van der Waals surface area (Å²) in [5.74, 6) is 6.77. The lowest BCUT2D eigenvalue weighted by Gasteiger charge is -2.26. The molecule has 0 amide bonds. The molecule has 8 heteroatoms. The minimum Gasteiger partial charge on any atom is -0.354 e. The second-order valence-corrected chi connectivity index (χ2v) is 5.26. The van der Waals surface area contributed by atoms with Crippen LogP contribution < -0.4 is 16.2 Å². The molecular weight excluding hydrogens is 268 g/mol. The van der Waals surface area contributed by atoms with Crippen LogP contribution in [0.5, 0.6) is 0 Å². The smallest absolute Gasteiger partial charge is 0.241 e. The Morgan fingerprint density at radius 2 is 2.24 bits per heavy atom. The van der Waals surface area contributed by atoms with E-state index < -0.39 is 0 Å². The molecule has 8 nitrogen and oxygen atoms in total. The predicted octanol–water partition coefficient (Wildman–Crippen LogP) is 0.559. The Balaban J connectivity index is 1.89. The van der Waals surface area contributed by atoms with Gasteiger partial charge >= 0.3 is 0 Å². The molecule has 114 valence electrons. The summed E-state index contributed by atoms with van der Waals surface area (Å²) < 4.78 is 0. The molecule has 0 bridgehead atoms. The van der Waals surface area contributed by atoms with Crippen molar-refractivity contribution in [3.05, 3.63) is 6.20 Å². The number of nitrogen functional groups attached to an aromatic ring is 1. The highest BCUT2D eigenvalue weighted by Gasteiger charge is 2.28. The molecule has 1 unspecified atom stereocenters. The summed E-state index contributed by atoms with van der Waals surface area (Å²) in [7, 11) is 0. The first-order chi connectivity index (χ1) is 10.3. The minimum absolute atomic E-state index is 0.410. The molecule has 0 aliphatic carbocycles. The fraction of sp³-hybridized carbons (Fsp3) is 0.615. The quantitative estimate of drug-likeness (QED) is 0.546. The number of likely N-dealkylation sites (N-methyl/N-ethyl adjacent to an activating group) is 1. The Kier molecular flexibility index (Phi) is 3.89. The van der Waals surface area contributed by atoms with Crippen molar-refractivity contribution in [3.63, 3.8) is 0 Å². The van der Waals surface area contributed by atoms with Crippen molar-refractivity contribution < 1.29 is 0 Å². The average Bonchev–Trinajstić information content (AvgIpc) is 3.16. The van der Waals surface area contributed by atoms with Crippen molar-refractivity contribution in [1.29, 1.82) is 0 Å². The van der Waals surface area contributed by atoms with Gasteiger partial charge in [0.1, 0.15) is 5.82 Å². The summed E-state index contributed by atoms with van der Waals surface area (Å²) in [6, 6.07) is 0.575. The normalized spacial score (nSPS) is 18.9. The van der Waals surface area contributed by atoms with Crippen LogP contribution in [0, 0.1) is 0 Å². The molecule has 1 saturated heterocycles. The third-order valence-corrected chi connectivity index (χ3v) is 4.21. The van der Waals surface area contributed by atoms with Gasteiger partial charge in [0.15, 0.2) is 5.65 Å². The van der Waals surface area contributed by atoms with E-state index in [1.165, 1.54) is 0 Å². The van der Waals surface area contributed by atoms with E-state index in [-0.39, 0.29) is 0 Å². The van der Waals surface area contributed by atoms with Crippen molar-refractivity contribution in [2.24, 2.45) is 5.84 Å². The van der Waals surface area contributed by atoms with Gasteiger partial charge in [-0.3, -0.25) is 15.4 Å². The molecule has 3 rings (SSSR count). The molecule has 1 fully saturated rings. The maximum atomic E-state index is 5.46. The van der Waals surface area contributed by atoms with Crippen LogP contribution in [0.3, 0.4) is 0 Å². The topological polar surface area (TPSA) is 99.0 Å². The van der Waals surface area contributed by atoms with E-state index in [4.69, 9.17) is 5.84 Å². The number of nitrogens with two attached hydrogens (primary N) is 1. The van der Waals surface area contributed by atoms with Gasteiger partial charge in [-0.2, -0.15) is 15.1 Å². The Morgan fingerprint density at radius 1 is 1.43 bits per heavy atom. The molecule has 1 aliphatic heterocycles. The number of rotatable bonds is 5. The molecule has 0 saturated carbocycles. The summed E-state index contributed by atoms with van der Waals surface area (Å²) >= 11 is 0. The minimum atomic E-state index is 0.410. The number of hydrazine groups is 1. The number of aromatic amines is 1. The van der Waals surface area contributed by atoms with Crippen LogP contribution in [0.4, 0.5) is 11.8 Å². The van der Waals surface area contributed by atoms with Gasteiger partial charge in [0.2, 0.25) is 5.95 Å². The van der Waals surface area contributed by atoms with E-state index in [1.807, 2.05) is 0 Å². The first-order valence-electron chi connectivity index (χ1n) is 7.43. The van der Waals surface area contributed by atoms with E-state index in [0.717, 1.165) is 43.8 Å². The van der Waals surface area contributed by atoms with Crippen molar-refractivity contribution in [2.75, 3.05) is 36.5 Å². The number of nitrogens with one attached hydrogen (secondary N) is 2. The van der Waals surface area contributed by atoms with E-state index >= 15 is 0 Å². The van der Waals surface area contributed by atoms with Crippen molar-refractivity contribution in [2.45, 2.75) is 26.3 Å².